The van der Waals surface area contributed by atoms with E-state index in [4.69, 9.17) is 15.2 Å². The molecule has 1 unspecified atom stereocenters. The maximum atomic E-state index is 5.95. The lowest BCUT2D eigenvalue weighted by atomic mass is 10.1. The third-order valence-corrected chi connectivity index (χ3v) is 3.08. The Bertz CT molecular complexity index is 384. The van der Waals surface area contributed by atoms with Gasteiger partial charge in [-0.05, 0) is 12.5 Å². The molecule has 5 heteroatoms. The number of nitrogen functional groups attached to an aromatic ring is 1. The van der Waals surface area contributed by atoms with Gasteiger partial charge in [-0.1, -0.05) is 0 Å². The van der Waals surface area contributed by atoms with Crippen molar-refractivity contribution in [3.63, 3.8) is 0 Å². The van der Waals surface area contributed by atoms with Gasteiger partial charge in [0, 0.05) is 32.2 Å². The second-order valence-corrected chi connectivity index (χ2v) is 4.32. The molecule has 1 saturated heterocycles. The normalized spacial score (nSPS) is 19.6. The lowest BCUT2D eigenvalue weighted by molar-refractivity contribution is 0.161. The molecule has 1 aliphatic rings. The molecule has 0 radical (unpaired) electrons. The van der Waals surface area contributed by atoms with Gasteiger partial charge in [-0.25, -0.2) is 0 Å². The highest BCUT2D eigenvalue weighted by Crippen LogP contribution is 2.28. The molecular weight excluding hydrogens is 218 g/mol. The van der Waals surface area contributed by atoms with Crippen LogP contribution < -0.4 is 15.4 Å². The molecule has 1 aromatic rings. The molecule has 2 N–H and O–H groups in total. The smallest absolute Gasteiger partial charge is 0.215 e. The Morgan fingerprint density at radius 3 is 3.00 bits per heavy atom. The average molecular weight is 237 g/mol. The van der Waals surface area contributed by atoms with E-state index in [2.05, 4.69) is 9.88 Å². The Labute approximate surface area is 102 Å². The molecule has 0 aromatic carbocycles. The topological polar surface area (TPSA) is 60.6 Å². The minimum absolute atomic E-state index is 0.562. The maximum Gasteiger partial charge on any atom is 0.215 e. The van der Waals surface area contributed by atoms with Gasteiger partial charge in [0.25, 0.3) is 0 Å². The molecule has 0 aliphatic carbocycles. The van der Waals surface area contributed by atoms with E-state index in [1.807, 2.05) is 6.07 Å². The van der Waals surface area contributed by atoms with Crippen molar-refractivity contribution in [2.45, 2.75) is 6.42 Å². The second-order valence-electron chi connectivity index (χ2n) is 4.32. The summed E-state index contributed by atoms with van der Waals surface area (Å²) >= 11 is 0. The van der Waals surface area contributed by atoms with E-state index in [-0.39, 0.29) is 0 Å². The lowest BCUT2D eigenvalue weighted by Crippen LogP contribution is -2.23. The molecule has 17 heavy (non-hydrogen) atoms. The fourth-order valence-corrected chi connectivity index (χ4v) is 2.21. The van der Waals surface area contributed by atoms with E-state index < -0.39 is 0 Å². The van der Waals surface area contributed by atoms with Gasteiger partial charge in [0.15, 0.2) is 5.82 Å². The molecule has 5 nitrogen and oxygen atoms in total. The average Bonchev–Trinajstić information content (AvgIpc) is 2.79. The van der Waals surface area contributed by atoms with Crippen LogP contribution in [-0.2, 0) is 4.74 Å². The van der Waals surface area contributed by atoms with Gasteiger partial charge in [-0.15, -0.1) is 0 Å². The Balaban J connectivity index is 2.12. The molecule has 2 heterocycles. The fourth-order valence-electron chi connectivity index (χ4n) is 2.21. The van der Waals surface area contributed by atoms with Crippen LogP contribution in [0.15, 0.2) is 12.1 Å². The summed E-state index contributed by atoms with van der Waals surface area (Å²) in [5.74, 6) is 1.99. The molecule has 2 rings (SSSR count). The van der Waals surface area contributed by atoms with Gasteiger partial charge in [0.05, 0.1) is 19.4 Å². The Morgan fingerprint density at radius 1 is 1.47 bits per heavy atom. The molecular formula is C12H19N3O2. The van der Waals surface area contributed by atoms with Crippen LogP contribution in [0.5, 0.6) is 5.88 Å². The number of hydrogen-bond acceptors (Lipinski definition) is 5. The number of rotatable bonds is 4. The highest BCUT2D eigenvalue weighted by atomic mass is 16.5. The molecule has 1 atom stereocenters. The highest BCUT2D eigenvalue weighted by molar-refractivity contribution is 5.64. The van der Waals surface area contributed by atoms with E-state index >= 15 is 0 Å². The van der Waals surface area contributed by atoms with Crippen molar-refractivity contribution in [3.05, 3.63) is 12.1 Å². The van der Waals surface area contributed by atoms with Crippen molar-refractivity contribution in [1.29, 1.82) is 0 Å². The van der Waals surface area contributed by atoms with E-state index in [0.717, 1.165) is 31.9 Å². The van der Waals surface area contributed by atoms with Crippen molar-refractivity contribution in [2.24, 2.45) is 5.92 Å². The van der Waals surface area contributed by atoms with Crippen LogP contribution in [0, 0.1) is 5.92 Å². The summed E-state index contributed by atoms with van der Waals surface area (Å²) in [4.78, 5) is 6.60. The molecule has 1 aliphatic heterocycles. The largest absolute Gasteiger partial charge is 0.481 e. The SMILES string of the molecule is COCC1CCN(c2nc(OC)ccc2N)C1. The number of methoxy groups -OCH3 is 2. The van der Waals surface area contributed by atoms with Crippen molar-refractivity contribution in [2.75, 3.05) is 44.5 Å². The summed E-state index contributed by atoms with van der Waals surface area (Å²) in [6, 6.07) is 3.62. The van der Waals surface area contributed by atoms with E-state index in [0.29, 0.717) is 17.5 Å². The molecule has 0 bridgehead atoms. The van der Waals surface area contributed by atoms with E-state index in [1.165, 1.54) is 0 Å². The van der Waals surface area contributed by atoms with Crippen molar-refractivity contribution in [3.8, 4) is 5.88 Å². The van der Waals surface area contributed by atoms with Gasteiger partial charge in [-0.2, -0.15) is 4.98 Å². The summed E-state index contributed by atoms with van der Waals surface area (Å²) in [5.41, 5.74) is 6.65. The van der Waals surface area contributed by atoms with E-state index in [9.17, 15) is 0 Å². The number of pyridine rings is 1. The quantitative estimate of drug-likeness (QED) is 0.851. The van der Waals surface area contributed by atoms with Crippen LogP contribution >= 0.6 is 0 Å². The molecule has 0 saturated carbocycles. The van der Waals surface area contributed by atoms with Gasteiger partial charge >= 0.3 is 0 Å². The Morgan fingerprint density at radius 2 is 2.29 bits per heavy atom. The zero-order valence-electron chi connectivity index (χ0n) is 10.3. The third kappa shape index (κ3) is 2.61. The number of nitrogens with two attached hydrogens (primary N) is 1. The van der Waals surface area contributed by atoms with Crippen LogP contribution in [0.4, 0.5) is 11.5 Å². The van der Waals surface area contributed by atoms with Gasteiger partial charge in [0.1, 0.15) is 0 Å². The number of anilines is 2. The van der Waals surface area contributed by atoms with Gasteiger partial charge < -0.3 is 20.1 Å². The minimum atomic E-state index is 0.562. The van der Waals surface area contributed by atoms with Gasteiger partial charge in [-0.3, -0.25) is 0 Å². The first-order chi connectivity index (χ1) is 8.24. The van der Waals surface area contributed by atoms with Crippen LogP contribution in [-0.4, -0.2) is 38.9 Å². The molecule has 1 aromatic heterocycles. The minimum Gasteiger partial charge on any atom is -0.481 e. The second kappa shape index (κ2) is 5.23. The van der Waals surface area contributed by atoms with Gasteiger partial charge in [0.2, 0.25) is 5.88 Å². The predicted molar refractivity (Wildman–Crippen MR) is 67.4 cm³/mol. The van der Waals surface area contributed by atoms with Crippen molar-refractivity contribution in [1.82, 2.24) is 4.98 Å². The van der Waals surface area contributed by atoms with Crippen LogP contribution in [0.25, 0.3) is 0 Å². The van der Waals surface area contributed by atoms with Crippen molar-refractivity contribution < 1.29 is 9.47 Å². The summed E-state index contributed by atoms with van der Waals surface area (Å²) in [7, 11) is 3.35. The summed E-state index contributed by atoms with van der Waals surface area (Å²) in [6.45, 7) is 2.71. The molecule has 94 valence electrons. The predicted octanol–water partition coefficient (Wildman–Crippen LogP) is 1.15. The molecule has 0 spiro atoms. The number of hydrogen-bond donors (Lipinski definition) is 1. The van der Waals surface area contributed by atoms with Crippen LogP contribution in [0.2, 0.25) is 0 Å². The zero-order chi connectivity index (χ0) is 12.3. The summed E-state index contributed by atoms with van der Waals surface area (Å²) < 4.78 is 10.3. The number of aromatic nitrogens is 1. The Kier molecular flexibility index (Phi) is 3.68. The summed E-state index contributed by atoms with van der Waals surface area (Å²) in [5, 5.41) is 0. The highest BCUT2D eigenvalue weighted by Gasteiger charge is 2.24. The lowest BCUT2D eigenvalue weighted by Gasteiger charge is -2.19. The van der Waals surface area contributed by atoms with Crippen LogP contribution in [0.1, 0.15) is 6.42 Å². The maximum absolute atomic E-state index is 5.95. The first-order valence-corrected chi connectivity index (χ1v) is 5.79. The molecule has 1 fully saturated rings. The van der Waals surface area contributed by atoms with Crippen molar-refractivity contribution >= 4 is 11.5 Å². The Hall–Kier alpha value is -1.49. The third-order valence-electron chi connectivity index (χ3n) is 3.08. The van der Waals surface area contributed by atoms with Crippen LogP contribution in [0.3, 0.4) is 0 Å². The molecule has 0 amide bonds. The standard InChI is InChI=1S/C12H19N3O2/c1-16-8-9-5-6-15(7-9)12-10(13)3-4-11(14-12)17-2/h3-4,9H,5-8,13H2,1-2H3. The zero-order valence-corrected chi connectivity index (χ0v) is 10.3. The number of ether oxygens (including phenoxy) is 2. The first kappa shape index (κ1) is 12.0. The fraction of sp³-hybridized carbons (Fsp3) is 0.583. The summed E-state index contributed by atoms with van der Waals surface area (Å²) in [6.07, 6.45) is 1.12. The number of nitrogens with zero attached hydrogens (tertiary/aromatic N) is 2. The monoisotopic (exact) mass is 237 g/mol. The first-order valence-electron chi connectivity index (χ1n) is 5.79. The van der Waals surface area contributed by atoms with E-state index in [1.54, 1.807) is 20.3 Å².